The predicted molar refractivity (Wildman–Crippen MR) is 149 cm³/mol. The van der Waals surface area contributed by atoms with Crippen molar-refractivity contribution in [1.82, 2.24) is 4.90 Å². The van der Waals surface area contributed by atoms with Gasteiger partial charge in [-0.2, -0.15) is 0 Å². The van der Waals surface area contributed by atoms with Gasteiger partial charge in [0.15, 0.2) is 5.76 Å². The summed E-state index contributed by atoms with van der Waals surface area (Å²) < 4.78 is 31.1. The Balaban J connectivity index is 1.32. The number of amides is 2. The van der Waals surface area contributed by atoms with Crippen LogP contribution in [0.5, 0.6) is 11.5 Å². The molecule has 0 fully saturated rings. The molecule has 1 aromatic heterocycles. The molecular formula is C32H31FN2O5. The van der Waals surface area contributed by atoms with Crippen LogP contribution in [0.2, 0.25) is 0 Å². The SMILES string of the molecule is COc1ccc(NC(=O)c2ccc(COc3ccc4c(c3)[C@H](c3cccc(F)c3)N(C(=O)C(C)C)CC4)o2)cc1. The number of ether oxygens (including phenoxy) is 2. The molecule has 7 nitrogen and oxygen atoms in total. The van der Waals surface area contributed by atoms with Crippen molar-refractivity contribution in [3.05, 3.63) is 113 Å². The van der Waals surface area contributed by atoms with Crippen LogP contribution in [0.3, 0.4) is 0 Å². The zero-order valence-corrected chi connectivity index (χ0v) is 22.6. The number of nitrogens with one attached hydrogen (secondary N) is 1. The van der Waals surface area contributed by atoms with E-state index in [0.717, 1.165) is 11.1 Å². The molecule has 2 amide bonds. The van der Waals surface area contributed by atoms with E-state index >= 15 is 0 Å². The van der Waals surface area contributed by atoms with Gasteiger partial charge in [-0.25, -0.2) is 4.39 Å². The molecule has 1 aliphatic heterocycles. The highest BCUT2D eigenvalue weighted by molar-refractivity contribution is 6.02. The molecule has 0 spiro atoms. The Morgan fingerprint density at radius 3 is 2.52 bits per heavy atom. The minimum atomic E-state index is -0.422. The number of hydrogen-bond acceptors (Lipinski definition) is 5. The molecule has 206 valence electrons. The van der Waals surface area contributed by atoms with Crippen LogP contribution in [0.1, 0.15) is 52.9 Å². The fourth-order valence-corrected chi connectivity index (χ4v) is 4.89. The number of rotatable bonds is 8. The van der Waals surface area contributed by atoms with Gasteiger partial charge < -0.3 is 24.1 Å². The molecule has 1 N–H and O–H groups in total. The van der Waals surface area contributed by atoms with Crippen LogP contribution >= 0.6 is 0 Å². The molecule has 2 heterocycles. The summed E-state index contributed by atoms with van der Waals surface area (Å²) in [7, 11) is 1.58. The molecule has 8 heteroatoms. The number of carbonyl (C=O) groups excluding carboxylic acids is 2. The quantitative estimate of drug-likeness (QED) is 0.279. The van der Waals surface area contributed by atoms with Gasteiger partial charge in [-0.3, -0.25) is 9.59 Å². The first kappa shape index (κ1) is 27.0. The van der Waals surface area contributed by atoms with Gasteiger partial charge in [0.05, 0.1) is 13.2 Å². The number of anilines is 1. The molecular weight excluding hydrogens is 511 g/mol. The van der Waals surface area contributed by atoms with E-state index in [9.17, 15) is 14.0 Å². The maximum atomic E-state index is 14.2. The van der Waals surface area contributed by atoms with Crippen LogP contribution in [-0.2, 0) is 17.8 Å². The monoisotopic (exact) mass is 542 g/mol. The summed E-state index contributed by atoms with van der Waals surface area (Å²) in [4.78, 5) is 27.6. The average molecular weight is 543 g/mol. The Labute approximate surface area is 232 Å². The van der Waals surface area contributed by atoms with Gasteiger partial charge in [-0.1, -0.05) is 32.0 Å². The van der Waals surface area contributed by atoms with Crippen molar-refractivity contribution in [3.8, 4) is 11.5 Å². The molecule has 3 aromatic carbocycles. The highest BCUT2D eigenvalue weighted by Crippen LogP contribution is 2.38. The number of benzene rings is 3. The third-order valence-corrected chi connectivity index (χ3v) is 6.90. The highest BCUT2D eigenvalue weighted by Gasteiger charge is 2.33. The topological polar surface area (TPSA) is 81.0 Å². The lowest BCUT2D eigenvalue weighted by Gasteiger charge is -2.39. The second-order valence-electron chi connectivity index (χ2n) is 9.99. The molecule has 5 rings (SSSR count). The van der Waals surface area contributed by atoms with Crippen LogP contribution in [0.4, 0.5) is 10.1 Å². The number of furan rings is 1. The summed E-state index contributed by atoms with van der Waals surface area (Å²) in [5.41, 5.74) is 3.32. The fourth-order valence-electron chi connectivity index (χ4n) is 4.89. The van der Waals surface area contributed by atoms with Crippen molar-refractivity contribution in [2.45, 2.75) is 32.9 Å². The second-order valence-corrected chi connectivity index (χ2v) is 9.99. The van der Waals surface area contributed by atoms with Crippen LogP contribution in [0.25, 0.3) is 0 Å². The van der Waals surface area contributed by atoms with Crippen molar-refractivity contribution in [2.75, 3.05) is 19.0 Å². The summed E-state index contributed by atoms with van der Waals surface area (Å²) in [5.74, 6) is 1.02. The van der Waals surface area contributed by atoms with Crippen LogP contribution in [0.15, 0.2) is 83.3 Å². The van der Waals surface area contributed by atoms with Gasteiger partial charge in [0, 0.05) is 18.2 Å². The Morgan fingerprint density at radius 1 is 1.02 bits per heavy atom. The summed E-state index contributed by atoms with van der Waals surface area (Å²) in [5, 5.41) is 2.79. The smallest absolute Gasteiger partial charge is 0.291 e. The number of nitrogens with zero attached hydrogens (tertiary/aromatic N) is 1. The third kappa shape index (κ3) is 5.86. The Bertz CT molecular complexity index is 1510. The van der Waals surface area contributed by atoms with Gasteiger partial charge in [0.25, 0.3) is 5.91 Å². The van der Waals surface area contributed by atoms with E-state index in [1.54, 1.807) is 49.6 Å². The number of fused-ring (bicyclic) bond motifs is 1. The second kappa shape index (κ2) is 11.7. The maximum absolute atomic E-state index is 14.2. The molecule has 1 atom stereocenters. The molecule has 0 saturated carbocycles. The molecule has 0 radical (unpaired) electrons. The molecule has 1 aliphatic rings. The lowest BCUT2D eigenvalue weighted by Crippen LogP contribution is -2.42. The minimum Gasteiger partial charge on any atom is -0.497 e. The lowest BCUT2D eigenvalue weighted by atomic mass is 9.87. The summed E-state index contributed by atoms with van der Waals surface area (Å²) in [6.45, 7) is 4.40. The Kier molecular flexibility index (Phi) is 7.86. The summed E-state index contributed by atoms with van der Waals surface area (Å²) in [6, 6.07) is 22.0. The molecule has 0 unspecified atom stereocenters. The number of halogens is 1. The molecule has 0 aliphatic carbocycles. The Hall–Kier alpha value is -4.59. The molecule has 40 heavy (non-hydrogen) atoms. The van der Waals surface area contributed by atoms with E-state index in [1.807, 2.05) is 43.0 Å². The van der Waals surface area contributed by atoms with E-state index in [4.69, 9.17) is 13.9 Å². The van der Waals surface area contributed by atoms with Crippen molar-refractivity contribution in [1.29, 1.82) is 0 Å². The standard InChI is InChI=1S/C32H31FN2O5/c1-20(2)32(37)35-16-15-21-7-10-26(18-28(21)30(35)22-5-4-6-23(33)17-22)39-19-27-13-14-29(40-27)31(36)34-24-8-11-25(38-3)12-9-24/h4-14,17-18,20,30H,15-16,19H2,1-3H3,(H,34,36)/t30-/m0/s1. The average Bonchev–Trinajstić information content (AvgIpc) is 3.44. The predicted octanol–water partition coefficient (Wildman–Crippen LogP) is 6.39. The lowest BCUT2D eigenvalue weighted by molar-refractivity contribution is -0.136. The van der Waals surface area contributed by atoms with Crippen LogP contribution in [-0.4, -0.2) is 30.4 Å². The number of carbonyl (C=O) groups is 2. The van der Waals surface area contributed by atoms with Gasteiger partial charge in [0.1, 0.15) is 29.7 Å². The highest BCUT2D eigenvalue weighted by atomic mass is 19.1. The normalized spacial score (nSPS) is 14.5. The van der Waals surface area contributed by atoms with Crippen molar-refractivity contribution in [2.24, 2.45) is 5.92 Å². The first-order chi connectivity index (χ1) is 19.3. The first-order valence-electron chi connectivity index (χ1n) is 13.2. The number of methoxy groups -OCH3 is 1. The van der Waals surface area contributed by atoms with Crippen molar-refractivity contribution < 1.29 is 27.9 Å². The van der Waals surface area contributed by atoms with Crippen LogP contribution in [0, 0.1) is 11.7 Å². The van der Waals surface area contributed by atoms with E-state index in [2.05, 4.69) is 5.32 Å². The fraction of sp³-hybridized carbons (Fsp3) is 0.250. The molecule has 4 aromatic rings. The van der Waals surface area contributed by atoms with E-state index in [-0.39, 0.29) is 35.9 Å². The van der Waals surface area contributed by atoms with E-state index in [0.29, 0.717) is 41.5 Å². The zero-order chi connectivity index (χ0) is 28.2. The van der Waals surface area contributed by atoms with Gasteiger partial charge in [-0.15, -0.1) is 0 Å². The maximum Gasteiger partial charge on any atom is 0.291 e. The van der Waals surface area contributed by atoms with E-state index < -0.39 is 6.04 Å². The summed E-state index contributed by atoms with van der Waals surface area (Å²) in [6.07, 6.45) is 0.699. The molecule has 0 bridgehead atoms. The van der Waals surface area contributed by atoms with Crippen LogP contribution < -0.4 is 14.8 Å². The van der Waals surface area contributed by atoms with Gasteiger partial charge in [0.2, 0.25) is 5.91 Å². The largest absolute Gasteiger partial charge is 0.497 e. The van der Waals surface area contributed by atoms with Gasteiger partial charge >= 0.3 is 0 Å². The van der Waals surface area contributed by atoms with E-state index in [1.165, 1.54) is 12.1 Å². The third-order valence-electron chi connectivity index (χ3n) is 6.90. The zero-order valence-electron chi connectivity index (χ0n) is 22.6. The van der Waals surface area contributed by atoms with Gasteiger partial charge in [-0.05, 0) is 83.8 Å². The molecule has 0 saturated heterocycles. The summed E-state index contributed by atoms with van der Waals surface area (Å²) >= 11 is 0. The number of hydrogen-bond donors (Lipinski definition) is 1. The first-order valence-corrected chi connectivity index (χ1v) is 13.2. The van der Waals surface area contributed by atoms with Crippen molar-refractivity contribution >= 4 is 17.5 Å². The minimum absolute atomic E-state index is 0.0160. The van der Waals surface area contributed by atoms with Crippen molar-refractivity contribution in [3.63, 3.8) is 0 Å². The Morgan fingerprint density at radius 2 is 1.80 bits per heavy atom.